The molecule has 0 aromatic heterocycles. The first-order chi connectivity index (χ1) is 10.2. The molecule has 1 aliphatic rings. The SMILES string of the molecule is CNCC1CCN(CCC(=O)Nc2ccccc2C#N)C1. The summed E-state index contributed by atoms with van der Waals surface area (Å²) in [5.41, 5.74) is 1.10. The van der Waals surface area contributed by atoms with Crippen LogP contribution in [0.4, 0.5) is 5.69 Å². The van der Waals surface area contributed by atoms with E-state index in [1.54, 1.807) is 18.2 Å². The Kier molecular flexibility index (Phi) is 5.73. The molecule has 1 fully saturated rings. The van der Waals surface area contributed by atoms with Gasteiger partial charge < -0.3 is 15.5 Å². The van der Waals surface area contributed by atoms with E-state index < -0.39 is 0 Å². The molecule has 21 heavy (non-hydrogen) atoms. The molecule has 1 unspecified atom stereocenters. The average molecular weight is 286 g/mol. The molecule has 0 saturated carbocycles. The predicted octanol–water partition coefficient (Wildman–Crippen LogP) is 1.43. The van der Waals surface area contributed by atoms with Gasteiger partial charge in [-0.25, -0.2) is 0 Å². The molecule has 112 valence electrons. The molecule has 0 radical (unpaired) electrons. The molecule has 0 bridgehead atoms. The molecule has 5 heteroatoms. The Morgan fingerprint density at radius 3 is 3.05 bits per heavy atom. The van der Waals surface area contributed by atoms with Crippen molar-refractivity contribution in [2.45, 2.75) is 12.8 Å². The van der Waals surface area contributed by atoms with Crippen LogP contribution in [-0.4, -0.2) is 44.0 Å². The van der Waals surface area contributed by atoms with E-state index in [1.165, 1.54) is 6.42 Å². The Bertz CT molecular complexity index is 523. The molecule has 2 N–H and O–H groups in total. The lowest BCUT2D eigenvalue weighted by atomic mass is 10.1. The van der Waals surface area contributed by atoms with Crippen LogP contribution in [0.5, 0.6) is 0 Å². The molecule has 1 aromatic carbocycles. The number of rotatable bonds is 6. The number of nitrogens with one attached hydrogen (secondary N) is 2. The minimum absolute atomic E-state index is 0.0326. The summed E-state index contributed by atoms with van der Waals surface area (Å²) >= 11 is 0. The molecule has 1 atom stereocenters. The van der Waals surface area contributed by atoms with Gasteiger partial charge in [-0.15, -0.1) is 0 Å². The monoisotopic (exact) mass is 286 g/mol. The van der Waals surface area contributed by atoms with E-state index in [0.29, 0.717) is 23.6 Å². The van der Waals surface area contributed by atoms with Gasteiger partial charge in [-0.2, -0.15) is 5.26 Å². The van der Waals surface area contributed by atoms with Crippen molar-refractivity contribution in [1.82, 2.24) is 10.2 Å². The fraction of sp³-hybridized carbons (Fsp3) is 0.500. The molecule has 2 rings (SSSR count). The third-order valence-electron chi connectivity index (χ3n) is 3.84. The molecule has 0 spiro atoms. The van der Waals surface area contributed by atoms with Crippen molar-refractivity contribution >= 4 is 11.6 Å². The van der Waals surface area contributed by atoms with Crippen molar-refractivity contribution < 1.29 is 4.79 Å². The summed E-state index contributed by atoms with van der Waals surface area (Å²) in [5, 5.41) is 15.0. The van der Waals surface area contributed by atoms with Crippen LogP contribution in [0.1, 0.15) is 18.4 Å². The van der Waals surface area contributed by atoms with Crippen LogP contribution in [0.3, 0.4) is 0 Å². The van der Waals surface area contributed by atoms with Gasteiger partial charge in [0.15, 0.2) is 0 Å². The van der Waals surface area contributed by atoms with Crippen LogP contribution >= 0.6 is 0 Å². The zero-order valence-electron chi connectivity index (χ0n) is 12.4. The van der Waals surface area contributed by atoms with E-state index in [1.807, 2.05) is 13.1 Å². The van der Waals surface area contributed by atoms with Gasteiger partial charge in [0, 0.05) is 19.5 Å². The minimum atomic E-state index is -0.0326. The lowest BCUT2D eigenvalue weighted by Gasteiger charge is -2.15. The Labute approximate surface area is 125 Å². The summed E-state index contributed by atoms with van der Waals surface area (Å²) in [6.45, 7) is 3.94. The van der Waals surface area contributed by atoms with Crippen LogP contribution in [0, 0.1) is 17.2 Å². The number of hydrogen-bond acceptors (Lipinski definition) is 4. The van der Waals surface area contributed by atoms with Gasteiger partial charge in [0.2, 0.25) is 5.91 Å². The van der Waals surface area contributed by atoms with Crippen LogP contribution in [0.25, 0.3) is 0 Å². The number of likely N-dealkylation sites (tertiary alicyclic amines) is 1. The third kappa shape index (κ3) is 4.55. The first-order valence-electron chi connectivity index (χ1n) is 7.39. The lowest BCUT2D eigenvalue weighted by Crippen LogP contribution is -2.28. The Morgan fingerprint density at radius 1 is 1.48 bits per heavy atom. The van der Waals surface area contributed by atoms with Crippen LogP contribution in [0.2, 0.25) is 0 Å². The maximum atomic E-state index is 12.0. The standard InChI is InChI=1S/C16H22N4O/c1-18-11-13-6-8-20(12-13)9-7-16(21)19-15-5-3-2-4-14(15)10-17/h2-5,13,18H,6-9,11-12H2,1H3,(H,19,21). The fourth-order valence-electron chi connectivity index (χ4n) is 2.73. The maximum Gasteiger partial charge on any atom is 0.225 e. The van der Waals surface area contributed by atoms with Gasteiger partial charge in [-0.1, -0.05) is 12.1 Å². The predicted molar refractivity (Wildman–Crippen MR) is 82.9 cm³/mol. The van der Waals surface area contributed by atoms with Crippen molar-refractivity contribution in [3.05, 3.63) is 29.8 Å². The van der Waals surface area contributed by atoms with E-state index in [0.717, 1.165) is 26.2 Å². The topological polar surface area (TPSA) is 68.2 Å². The van der Waals surface area contributed by atoms with Gasteiger partial charge in [0.1, 0.15) is 6.07 Å². The summed E-state index contributed by atoms with van der Waals surface area (Å²) < 4.78 is 0. The van der Waals surface area contributed by atoms with E-state index in [4.69, 9.17) is 5.26 Å². The van der Waals surface area contributed by atoms with Gasteiger partial charge in [0.25, 0.3) is 0 Å². The average Bonchev–Trinajstić information content (AvgIpc) is 2.94. The van der Waals surface area contributed by atoms with Crippen molar-refractivity contribution in [3.8, 4) is 6.07 Å². The van der Waals surface area contributed by atoms with Crippen LogP contribution in [-0.2, 0) is 4.79 Å². The second-order valence-corrected chi connectivity index (χ2v) is 5.47. The van der Waals surface area contributed by atoms with Gasteiger partial charge >= 0.3 is 0 Å². The van der Waals surface area contributed by atoms with Gasteiger partial charge in [-0.3, -0.25) is 4.79 Å². The van der Waals surface area contributed by atoms with Gasteiger partial charge in [0.05, 0.1) is 11.3 Å². The highest BCUT2D eigenvalue weighted by molar-refractivity contribution is 5.92. The zero-order chi connectivity index (χ0) is 15.1. The smallest absolute Gasteiger partial charge is 0.225 e. The number of amides is 1. The number of carbonyl (C=O) groups excluding carboxylic acids is 1. The Morgan fingerprint density at radius 2 is 2.29 bits per heavy atom. The number of hydrogen-bond donors (Lipinski definition) is 2. The highest BCUT2D eigenvalue weighted by Crippen LogP contribution is 2.16. The first kappa shape index (κ1) is 15.5. The number of carbonyl (C=O) groups is 1. The van der Waals surface area contributed by atoms with Gasteiger partial charge in [-0.05, 0) is 44.6 Å². The normalized spacial score (nSPS) is 18.4. The van der Waals surface area contributed by atoms with Crippen molar-refractivity contribution in [1.29, 1.82) is 5.26 Å². The summed E-state index contributed by atoms with van der Waals surface area (Å²) in [4.78, 5) is 14.3. The Balaban J connectivity index is 1.77. The number of nitrogens with zero attached hydrogens (tertiary/aromatic N) is 2. The molecule has 1 saturated heterocycles. The molecule has 0 aliphatic carbocycles. The van der Waals surface area contributed by atoms with Crippen molar-refractivity contribution in [2.24, 2.45) is 5.92 Å². The fourth-order valence-corrected chi connectivity index (χ4v) is 2.73. The first-order valence-corrected chi connectivity index (χ1v) is 7.39. The van der Waals surface area contributed by atoms with Crippen molar-refractivity contribution in [3.63, 3.8) is 0 Å². The summed E-state index contributed by atoms with van der Waals surface area (Å²) in [7, 11) is 1.97. The quantitative estimate of drug-likeness (QED) is 0.830. The van der Waals surface area contributed by atoms with E-state index in [9.17, 15) is 4.79 Å². The largest absolute Gasteiger partial charge is 0.325 e. The molecule has 5 nitrogen and oxygen atoms in total. The van der Waals surface area contributed by atoms with Crippen molar-refractivity contribution in [2.75, 3.05) is 38.5 Å². The molecular formula is C16H22N4O. The molecule has 1 aromatic rings. The number of para-hydroxylation sites is 1. The van der Waals surface area contributed by atoms with Crippen LogP contribution in [0.15, 0.2) is 24.3 Å². The molecule has 1 aliphatic heterocycles. The molecular weight excluding hydrogens is 264 g/mol. The number of benzene rings is 1. The second-order valence-electron chi connectivity index (χ2n) is 5.47. The van der Waals surface area contributed by atoms with E-state index >= 15 is 0 Å². The number of anilines is 1. The number of nitriles is 1. The molecule has 1 amide bonds. The maximum absolute atomic E-state index is 12.0. The summed E-state index contributed by atoms with van der Waals surface area (Å²) in [5.74, 6) is 0.659. The van der Waals surface area contributed by atoms with E-state index in [2.05, 4.69) is 21.6 Å². The summed E-state index contributed by atoms with van der Waals surface area (Å²) in [6.07, 6.45) is 1.66. The minimum Gasteiger partial charge on any atom is -0.325 e. The summed E-state index contributed by atoms with van der Waals surface area (Å²) in [6, 6.07) is 9.16. The highest BCUT2D eigenvalue weighted by Gasteiger charge is 2.21. The molecule has 1 heterocycles. The van der Waals surface area contributed by atoms with E-state index in [-0.39, 0.29) is 5.91 Å². The lowest BCUT2D eigenvalue weighted by molar-refractivity contribution is -0.116. The highest BCUT2D eigenvalue weighted by atomic mass is 16.1. The second kappa shape index (κ2) is 7.77. The zero-order valence-corrected chi connectivity index (χ0v) is 12.4. The van der Waals surface area contributed by atoms with Crippen LogP contribution < -0.4 is 10.6 Å². The Hall–Kier alpha value is -1.90. The third-order valence-corrected chi connectivity index (χ3v) is 3.84.